The minimum absolute atomic E-state index is 0.150. The van der Waals surface area contributed by atoms with Crippen molar-refractivity contribution in [2.24, 2.45) is 0 Å². The lowest BCUT2D eigenvalue weighted by Gasteiger charge is -2.26. The van der Waals surface area contributed by atoms with Crippen LogP contribution < -0.4 is 10.2 Å². The van der Waals surface area contributed by atoms with Crippen LogP contribution in [-0.4, -0.2) is 72.1 Å². The number of morpholine rings is 1. The predicted octanol–water partition coefficient (Wildman–Crippen LogP) is 3.40. The normalized spacial score (nSPS) is 16.2. The lowest BCUT2D eigenvalue weighted by atomic mass is 10.1. The molecule has 0 aliphatic carbocycles. The van der Waals surface area contributed by atoms with E-state index in [1.807, 2.05) is 18.2 Å². The van der Waals surface area contributed by atoms with Crippen molar-refractivity contribution in [1.29, 1.82) is 0 Å². The first-order valence-corrected chi connectivity index (χ1v) is 12.6. The highest BCUT2D eigenvalue weighted by atomic mass is 19.4. The summed E-state index contributed by atoms with van der Waals surface area (Å²) in [6, 6.07) is 12.8. The quantitative estimate of drug-likeness (QED) is 0.495. The van der Waals surface area contributed by atoms with E-state index in [-0.39, 0.29) is 29.9 Å². The fourth-order valence-electron chi connectivity index (χ4n) is 4.64. The number of nitrogens with one attached hydrogen (secondary N) is 1. The second-order valence-corrected chi connectivity index (χ2v) is 9.32. The molecular weight excluding hydrogens is 513 g/mol. The molecule has 1 N–H and O–H groups in total. The van der Waals surface area contributed by atoms with E-state index in [1.54, 1.807) is 18.2 Å². The van der Waals surface area contributed by atoms with Gasteiger partial charge < -0.3 is 14.9 Å². The van der Waals surface area contributed by atoms with Crippen molar-refractivity contribution >= 4 is 24.0 Å². The van der Waals surface area contributed by atoms with Crippen LogP contribution in [0.4, 0.5) is 13.2 Å². The number of carbonyl (C=O) groups is 2. The molecule has 0 bridgehead atoms. The molecule has 39 heavy (non-hydrogen) atoms. The van der Waals surface area contributed by atoms with Gasteiger partial charge in [0.15, 0.2) is 0 Å². The molecule has 1 fully saturated rings. The number of fused-ring (bicyclic) bond motifs is 1. The Morgan fingerprint density at radius 1 is 1.13 bits per heavy atom. The Labute approximate surface area is 223 Å². The molecule has 1 amide bonds. The lowest BCUT2D eigenvalue weighted by molar-refractivity contribution is -0.199. The van der Waals surface area contributed by atoms with E-state index in [0.29, 0.717) is 11.3 Å². The van der Waals surface area contributed by atoms with E-state index in [4.69, 9.17) is 9.57 Å². The third kappa shape index (κ3) is 6.37. The average Bonchev–Trinajstić information content (AvgIpc) is 3.31. The summed E-state index contributed by atoms with van der Waals surface area (Å²) >= 11 is 0. The van der Waals surface area contributed by atoms with E-state index in [2.05, 4.69) is 27.3 Å². The fraction of sp³-hybridized carbons (Fsp3) is 0.321. The molecule has 2 aliphatic heterocycles. The van der Waals surface area contributed by atoms with E-state index in [1.165, 1.54) is 17.8 Å². The number of halogens is 3. The van der Waals surface area contributed by atoms with Gasteiger partial charge in [-0.25, -0.2) is 4.79 Å². The van der Waals surface area contributed by atoms with Crippen LogP contribution in [0.25, 0.3) is 23.4 Å². The largest absolute Gasteiger partial charge is 0.493 e. The summed E-state index contributed by atoms with van der Waals surface area (Å²) in [6.45, 7) is 4.58. The second-order valence-electron chi connectivity index (χ2n) is 9.32. The number of nitrogens with zero attached hydrogens (tertiary/aromatic N) is 3. The van der Waals surface area contributed by atoms with Crippen molar-refractivity contribution in [3.8, 4) is 11.3 Å². The third-order valence-electron chi connectivity index (χ3n) is 6.65. The number of alkyl halides is 3. The standard InChI is InChI=1S/C28H27F3N4O4/c29-28(30,31)27(37)39-35-24-7-10-33-26(36)23(24)18-25(35)21-6-9-32-22(17-21)5-4-19-2-1-3-20(16-19)8-11-34-12-14-38-15-13-34/h1-6,9,16-18H,7-8,10-15H2,(H,33,36). The van der Waals surface area contributed by atoms with Crippen LogP contribution >= 0.6 is 0 Å². The molecule has 1 aromatic carbocycles. The van der Waals surface area contributed by atoms with E-state index in [9.17, 15) is 22.8 Å². The van der Waals surface area contributed by atoms with Crippen LogP contribution in [-0.2, 0) is 22.4 Å². The van der Waals surface area contributed by atoms with Gasteiger partial charge in [-0.05, 0) is 41.8 Å². The Morgan fingerprint density at radius 3 is 2.74 bits per heavy atom. The number of rotatable bonds is 7. The topological polar surface area (TPSA) is 85.7 Å². The number of hydrogen-bond donors (Lipinski definition) is 1. The summed E-state index contributed by atoms with van der Waals surface area (Å²) in [6.07, 6.45) is 1.16. The molecule has 0 radical (unpaired) electrons. The number of aromatic nitrogens is 2. The summed E-state index contributed by atoms with van der Waals surface area (Å²) in [5.41, 5.74) is 3.69. The minimum Gasteiger partial charge on any atom is -0.379 e. The summed E-state index contributed by atoms with van der Waals surface area (Å²) in [5.74, 6) is -2.81. The Balaban J connectivity index is 1.37. The van der Waals surface area contributed by atoms with Gasteiger partial charge in [0.2, 0.25) is 0 Å². The smallest absolute Gasteiger partial charge is 0.379 e. The van der Waals surface area contributed by atoms with Crippen LogP contribution in [0.5, 0.6) is 0 Å². The summed E-state index contributed by atoms with van der Waals surface area (Å²) in [4.78, 5) is 35.5. The molecule has 5 rings (SSSR count). The molecular formula is C28H27F3N4O4. The van der Waals surface area contributed by atoms with Gasteiger partial charge in [-0.15, -0.1) is 0 Å². The van der Waals surface area contributed by atoms with Crippen molar-refractivity contribution < 1.29 is 32.3 Å². The predicted molar refractivity (Wildman–Crippen MR) is 138 cm³/mol. The number of benzene rings is 1. The van der Waals surface area contributed by atoms with Crippen molar-refractivity contribution in [3.05, 3.63) is 76.7 Å². The van der Waals surface area contributed by atoms with Crippen LogP contribution in [0.2, 0.25) is 0 Å². The zero-order chi connectivity index (χ0) is 27.4. The van der Waals surface area contributed by atoms with Crippen LogP contribution in [0, 0.1) is 0 Å². The first-order chi connectivity index (χ1) is 18.8. The van der Waals surface area contributed by atoms with Gasteiger partial charge in [-0.1, -0.05) is 30.3 Å². The van der Waals surface area contributed by atoms with Crippen molar-refractivity contribution in [2.45, 2.75) is 19.0 Å². The zero-order valence-electron chi connectivity index (χ0n) is 21.0. The third-order valence-corrected chi connectivity index (χ3v) is 6.65. The number of pyridine rings is 1. The Bertz CT molecular complexity index is 1390. The molecule has 8 nitrogen and oxygen atoms in total. The molecule has 4 heterocycles. The molecule has 0 unspecified atom stereocenters. The van der Waals surface area contributed by atoms with Crippen molar-refractivity contribution in [3.63, 3.8) is 0 Å². The summed E-state index contributed by atoms with van der Waals surface area (Å²) < 4.78 is 45.2. The molecule has 0 spiro atoms. The Morgan fingerprint density at radius 2 is 1.95 bits per heavy atom. The first-order valence-electron chi connectivity index (χ1n) is 12.6. The minimum atomic E-state index is -5.19. The first kappa shape index (κ1) is 26.6. The van der Waals surface area contributed by atoms with E-state index < -0.39 is 18.1 Å². The summed E-state index contributed by atoms with van der Waals surface area (Å²) in [7, 11) is 0. The second kappa shape index (κ2) is 11.4. The highest BCUT2D eigenvalue weighted by Crippen LogP contribution is 2.29. The molecule has 1 saturated heterocycles. The van der Waals surface area contributed by atoms with Gasteiger partial charge in [-0.3, -0.25) is 14.7 Å². The molecule has 2 aromatic heterocycles. The molecule has 11 heteroatoms. The van der Waals surface area contributed by atoms with Crippen LogP contribution in [0.3, 0.4) is 0 Å². The summed E-state index contributed by atoms with van der Waals surface area (Å²) in [5, 5.41) is 2.65. The van der Waals surface area contributed by atoms with Gasteiger partial charge in [0.05, 0.1) is 35.9 Å². The van der Waals surface area contributed by atoms with Crippen molar-refractivity contribution in [2.75, 3.05) is 39.4 Å². The Hall–Kier alpha value is -3.96. The number of carbonyl (C=O) groups excluding carboxylic acids is 2. The van der Waals surface area contributed by atoms with E-state index in [0.717, 1.165) is 49.6 Å². The lowest BCUT2D eigenvalue weighted by Crippen LogP contribution is -2.37. The van der Waals surface area contributed by atoms with Crippen LogP contribution in [0.15, 0.2) is 48.7 Å². The Kier molecular flexibility index (Phi) is 7.80. The maximum atomic E-state index is 13.0. The van der Waals surface area contributed by atoms with E-state index >= 15 is 0 Å². The fourth-order valence-corrected chi connectivity index (χ4v) is 4.64. The van der Waals surface area contributed by atoms with Gasteiger partial charge in [0, 0.05) is 44.4 Å². The molecule has 3 aromatic rings. The van der Waals surface area contributed by atoms with Gasteiger partial charge in [0.1, 0.15) is 0 Å². The molecule has 0 saturated carbocycles. The molecule has 204 valence electrons. The zero-order valence-corrected chi connectivity index (χ0v) is 21.0. The van der Waals surface area contributed by atoms with Gasteiger partial charge in [-0.2, -0.15) is 17.9 Å². The number of hydrogen-bond acceptors (Lipinski definition) is 6. The highest BCUT2D eigenvalue weighted by Gasteiger charge is 2.43. The molecule has 0 atom stereocenters. The van der Waals surface area contributed by atoms with Crippen LogP contribution in [0.1, 0.15) is 32.9 Å². The van der Waals surface area contributed by atoms with Gasteiger partial charge in [0.25, 0.3) is 5.91 Å². The van der Waals surface area contributed by atoms with Crippen molar-refractivity contribution in [1.82, 2.24) is 19.9 Å². The maximum absolute atomic E-state index is 13.0. The molecule has 2 aliphatic rings. The SMILES string of the molecule is O=C1NCCc2c1cc(-c1ccnc(C=Cc3cccc(CCN4CCOCC4)c3)c1)n2OC(=O)C(F)(F)F. The number of ether oxygens (including phenoxy) is 1. The number of amides is 1. The average molecular weight is 541 g/mol. The monoisotopic (exact) mass is 540 g/mol. The van der Waals surface area contributed by atoms with Gasteiger partial charge >= 0.3 is 12.1 Å². The highest BCUT2D eigenvalue weighted by molar-refractivity contribution is 5.98. The maximum Gasteiger partial charge on any atom is 0.493 e.